The summed E-state index contributed by atoms with van der Waals surface area (Å²) in [6.07, 6.45) is 10.7. The molecule has 5 aliphatic rings. The molecule has 0 spiro atoms. The van der Waals surface area contributed by atoms with Gasteiger partial charge < -0.3 is 5.32 Å². The maximum Gasteiger partial charge on any atom is 0.0224 e. The number of likely N-dealkylation sites (N-methyl/N-ethyl adjacent to an activating group) is 1. The van der Waals surface area contributed by atoms with Crippen LogP contribution in [0.1, 0.15) is 51.9 Å². The van der Waals surface area contributed by atoms with Crippen molar-refractivity contribution in [2.45, 2.75) is 64.0 Å². The molecule has 0 amide bonds. The maximum absolute atomic E-state index is 3.63. The molecule has 2 nitrogen and oxygen atoms in total. The van der Waals surface area contributed by atoms with Crippen molar-refractivity contribution in [3.8, 4) is 0 Å². The number of hydrogen-bond donors (Lipinski definition) is 1. The van der Waals surface area contributed by atoms with Crippen molar-refractivity contribution >= 4 is 0 Å². The Morgan fingerprint density at radius 3 is 2.21 bits per heavy atom. The first-order valence-electron chi connectivity index (χ1n) is 8.81. The van der Waals surface area contributed by atoms with Crippen molar-refractivity contribution in [3.63, 3.8) is 0 Å². The Labute approximate surface area is 118 Å². The predicted molar refractivity (Wildman–Crippen MR) is 79.1 cm³/mol. The molecule has 19 heavy (non-hydrogen) atoms. The minimum atomic E-state index is 0.835. The van der Waals surface area contributed by atoms with Gasteiger partial charge in [-0.25, -0.2) is 0 Å². The molecule has 1 saturated heterocycles. The summed E-state index contributed by atoms with van der Waals surface area (Å²) in [7, 11) is 0. The SMILES string of the molecule is CCN(C1CCCNC1)C1C2CC3CC(C2)CC1C3. The second-order valence-electron chi connectivity index (χ2n) is 7.75. The topological polar surface area (TPSA) is 15.3 Å². The van der Waals surface area contributed by atoms with Crippen LogP contribution in [-0.2, 0) is 0 Å². The smallest absolute Gasteiger partial charge is 0.0224 e. The van der Waals surface area contributed by atoms with Crippen LogP contribution in [0.25, 0.3) is 0 Å². The molecular formula is C17H30N2. The minimum absolute atomic E-state index is 0.835. The van der Waals surface area contributed by atoms with Gasteiger partial charge in [-0.3, -0.25) is 4.90 Å². The predicted octanol–water partition coefficient (Wildman–Crippen LogP) is 2.89. The van der Waals surface area contributed by atoms with E-state index in [0.717, 1.165) is 35.8 Å². The van der Waals surface area contributed by atoms with Crippen LogP contribution in [0.3, 0.4) is 0 Å². The van der Waals surface area contributed by atoms with Crippen LogP contribution in [0.4, 0.5) is 0 Å². The van der Waals surface area contributed by atoms with Crippen molar-refractivity contribution in [2.75, 3.05) is 19.6 Å². The second kappa shape index (κ2) is 5.04. The van der Waals surface area contributed by atoms with Crippen molar-refractivity contribution in [1.82, 2.24) is 10.2 Å². The van der Waals surface area contributed by atoms with Gasteiger partial charge in [0, 0.05) is 18.6 Å². The van der Waals surface area contributed by atoms with Crippen LogP contribution in [-0.4, -0.2) is 36.6 Å². The van der Waals surface area contributed by atoms with Crippen LogP contribution < -0.4 is 5.32 Å². The summed E-state index contributed by atoms with van der Waals surface area (Å²) >= 11 is 0. The third kappa shape index (κ3) is 2.15. The van der Waals surface area contributed by atoms with Gasteiger partial charge in [0.15, 0.2) is 0 Å². The van der Waals surface area contributed by atoms with Gasteiger partial charge in [-0.1, -0.05) is 6.92 Å². The van der Waals surface area contributed by atoms with E-state index in [1.807, 2.05) is 0 Å². The molecule has 0 radical (unpaired) electrons. The highest BCUT2D eigenvalue weighted by Gasteiger charge is 2.50. The Hall–Kier alpha value is -0.0800. The van der Waals surface area contributed by atoms with Crippen LogP contribution in [0.15, 0.2) is 0 Å². The molecule has 0 aromatic rings. The second-order valence-corrected chi connectivity index (χ2v) is 7.75. The first kappa shape index (κ1) is 12.6. The highest BCUT2D eigenvalue weighted by molar-refractivity contribution is 5.03. The maximum atomic E-state index is 3.63. The molecule has 1 heterocycles. The largest absolute Gasteiger partial charge is 0.315 e. The molecule has 4 aliphatic carbocycles. The number of piperidine rings is 1. The summed E-state index contributed by atoms with van der Waals surface area (Å²) in [5, 5.41) is 3.63. The molecule has 0 aromatic carbocycles. The van der Waals surface area contributed by atoms with Gasteiger partial charge in [0.25, 0.3) is 0 Å². The lowest BCUT2D eigenvalue weighted by Gasteiger charge is -2.58. The fourth-order valence-corrected chi connectivity index (χ4v) is 6.27. The molecule has 1 unspecified atom stereocenters. The van der Waals surface area contributed by atoms with Gasteiger partial charge >= 0.3 is 0 Å². The average Bonchev–Trinajstić information content (AvgIpc) is 2.43. The Bertz CT molecular complexity index is 293. The van der Waals surface area contributed by atoms with Gasteiger partial charge in [0.2, 0.25) is 0 Å². The van der Waals surface area contributed by atoms with Gasteiger partial charge in [-0.15, -0.1) is 0 Å². The molecule has 0 aromatic heterocycles. The lowest BCUT2D eigenvalue weighted by molar-refractivity contribution is -0.0793. The van der Waals surface area contributed by atoms with Gasteiger partial charge in [0.1, 0.15) is 0 Å². The Balaban J connectivity index is 1.53. The number of nitrogens with one attached hydrogen (secondary N) is 1. The van der Waals surface area contributed by atoms with Gasteiger partial charge in [-0.2, -0.15) is 0 Å². The molecule has 2 heteroatoms. The van der Waals surface area contributed by atoms with Crippen LogP contribution in [0.2, 0.25) is 0 Å². The monoisotopic (exact) mass is 262 g/mol. The summed E-state index contributed by atoms with van der Waals surface area (Å²) in [4.78, 5) is 2.93. The van der Waals surface area contributed by atoms with E-state index in [-0.39, 0.29) is 0 Å². The van der Waals surface area contributed by atoms with Crippen LogP contribution in [0, 0.1) is 23.7 Å². The Morgan fingerprint density at radius 2 is 1.68 bits per heavy atom. The van der Waals surface area contributed by atoms with Crippen LogP contribution in [0.5, 0.6) is 0 Å². The normalized spacial score (nSPS) is 48.9. The zero-order valence-electron chi connectivity index (χ0n) is 12.5. The number of rotatable bonds is 3. The fraction of sp³-hybridized carbons (Fsp3) is 1.00. The fourth-order valence-electron chi connectivity index (χ4n) is 6.27. The average molecular weight is 262 g/mol. The summed E-state index contributed by atoms with van der Waals surface area (Å²) in [5.41, 5.74) is 0. The first-order chi connectivity index (χ1) is 9.35. The molecular weight excluding hydrogens is 232 g/mol. The minimum Gasteiger partial charge on any atom is -0.315 e. The highest BCUT2D eigenvalue weighted by atomic mass is 15.2. The Kier molecular flexibility index (Phi) is 3.35. The summed E-state index contributed by atoms with van der Waals surface area (Å²) in [6, 6.07) is 1.78. The zero-order chi connectivity index (χ0) is 12.8. The molecule has 1 atom stereocenters. The number of hydrogen-bond acceptors (Lipinski definition) is 2. The zero-order valence-corrected chi connectivity index (χ0v) is 12.5. The van der Waals surface area contributed by atoms with Crippen molar-refractivity contribution in [1.29, 1.82) is 0 Å². The van der Waals surface area contributed by atoms with Crippen molar-refractivity contribution in [3.05, 3.63) is 0 Å². The lowest BCUT2D eigenvalue weighted by atomic mass is 9.53. The van der Waals surface area contributed by atoms with Gasteiger partial charge in [-0.05, 0) is 81.7 Å². The van der Waals surface area contributed by atoms with E-state index in [0.29, 0.717) is 0 Å². The summed E-state index contributed by atoms with van der Waals surface area (Å²) < 4.78 is 0. The quantitative estimate of drug-likeness (QED) is 0.841. The van der Waals surface area contributed by atoms with E-state index in [1.54, 1.807) is 32.1 Å². The molecule has 4 saturated carbocycles. The van der Waals surface area contributed by atoms with E-state index in [9.17, 15) is 0 Å². The Morgan fingerprint density at radius 1 is 1.00 bits per heavy atom. The van der Waals surface area contributed by atoms with Gasteiger partial charge in [0.05, 0.1) is 0 Å². The third-order valence-electron chi connectivity index (χ3n) is 6.66. The third-order valence-corrected chi connectivity index (χ3v) is 6.66. The van der Waals surface area contributed by atoms with E-state index < -0.39 is 0 Å². The number of nitrogens with zero attached hydrogens (tertiary/aromatic N) is 1. The highest BCUT2D eigenvalue weighted by Crippen LogP contribution is 2.55. The molecule has 1 aliphatic heterocycles. The van der Waals surface area contributed by atoms with Crippen molar-refractivity contribution in [2.24, 2.45) is 23.7 Å². The van der Waals surface area contributed by atoms with E-state index in [4.69, 9.17) is 0 Å². The van der Waals surface area contributed by atoms with E-state index in [2.05, 4.69) is 17.1 Å². The molecule has 108 valence electrons. The van der Waals surface area contributed by atoms with Crippen molar-refractivity contribution < 1.29 is 0 Å². The summed E-state index contributed by atoms with van der Waals surface area (Å²) in [6.45, 7) is 6.17. The standard InChI is InChI=1S/C17H30N2/c1-2-19(16-4-3-5-18-11-16)17-14-7-12-6-13(9-14)10-15(17)8-12/h12-18H,2-11H2,1H3. The molecule has 4 bridgehead atoms. The van der Waals surface area contributed by atoms with E-state index >= 15 is 0 Å². The van der Waals surface area contributed by atoms with Crippen LogP contribution >= 0.6 is 0 Å². The lowest BCUT2D eigenvalue weighted by Crippen LogP contribution is -2.60. The molecule has 5 fully saturated rings. The molecule has 5 rings (SSSR count). The summed E-state index contributed by atoms with van der Waals surface area (Å²) in [5.74, 6) is 4.33. The first-order valence-corrected chi connectivity index (χ1v) is 8.81. The molecule has 1 N–H and O–H groups in total. The van der Waals surface area contributed by atoms with E-state index in [1.165, 1.54) is 32.5 Å².